The molecule has 1 aromatic carbocycles. The molecule has 0 radical (unpaired) electrons. The number of carbonyl (C=O) groups is 2. The van der Waals surface area contributed by atoms with Gasteiger partial charge in [-0.15, -0.1) is 10.2 Å². The molecule has 0 spiro atoms. The molecule has 2 amide bonds. The second kappa shape index (κ2) is 10.0. The van der Waals surface area contributed by atoms with Gasteiger partial charge >= 0.3 is 0 Å². The highest BCUT2D eigenvalue weighted by molar-refractivity contribution is 7.15. The van der Waals surface area contributed by atoms with Gasteiger partial charge in [-0.05, 0) is 24.5 Å². The fourth-order valence-electron chi connectivity index (χ4n) is 2.43. The number of unbranched alkanes of at least 4 members (excludes halogenated alkanes) is 1. The average molecular weight is 375 g/mol. The van der Waals surface area contributed by atoms with Crippen LogP contribution in [0.15, 0.2) is 30.3 Å². The number of hydrogen-bond donors (Lipinski definition) is 2. The predicted octanol–water partition coefficient (Wildman–Crippen LogP) is 3.66. The van der Waals surface area contributed by atoms with Crippen molar-refractivity contribution < 1.29 is 9.59 Å². The standard InChI is InChI=1S/C19H26N4O2S/c1-4-6-12-15-22-23-19(26-15)21-18(25)16(13(3)5-2)20-17(24)14-10-8-7-9-11-14/h7-11,13,16H,4-6,12H2,1-3H3,(H,20,24)(H,21,23,25). The molecule has 0 aliphatic heterocycles. The zero-order valence-corrected chi connectivity index (χ0v) is 16.3. The second-order valence-corrected chi connectivity index (χ2v) is 7.36. The number of aromatic nitrogens is 2. The van der Waals surface area contributed by atoms with Gasteiger partial charge in [0, 0.05) is 12.0 Å². The van der Waals surface area contributed by atoms with Crippen molar-refractivity contribution in [2.75, 3.05) is 5.32 Å². The van der Waals surface area contributed by atoms with Gasteiger partial charge < -0.3 is 5.32 Å². The van der Waals surface area contributed by atoms with Crippen LogP contribution in [0, 0.1) is 5.92 Å². The van der Waals surface area contributed by atoms with Crippen LogP contribution in [0.3, 0.4) is 0 Å². The molecule has 0 fully saturated rings. The lowest BCUT2D eigenvalue weighted by Crippen LogP contribution is -2.47. The van der Waals surface area contributed by atoms with E-state index in [1.807, 2.05) is 19.9 Å². The SMILES string of the molecule is CCCCc1nnc(NC(=O)C(NC(=O)c2ccccc2)C(C)CC)s1. The minimum Gasteiger partial charge on any atom is -0.340 e. The van der Waals surface area contributed by atoms with Crippen LogP contribution in [0.4, 0.5) is 5.13 Å². The molecule has 0 aliphatic rings. The Kier molecular flexibility index (Phi) is 7.72. The van der Waals surface area contributed by atoms with Crippen LogP contribution in [-0.2, 0) is 11.2 Å². The molecule has 2 rings (SSSR count). The fourth-order valence-corrected chi connectivity index (χ4v) is 3.22. The number of hydrogen-bond acceptors (Lipinski definition) is 5. The summed E-state index contributed by atoms with van der Waals surface area (Å²) in [5.74, 6) is -0.524. The zero-order valence-electron chi connectivity index (χ0n) is 15.5. The van der Waals surface area contributed by atoms with E-state index >= 15 is 0 Å². The minimum atomic E-state index is -0.629. The molecular formula is C19H26N4O2S. The lowest BCUT2D eigenvalue weighted by Gasteiger charge is -2.23. The summed E-state index contributed by atoms with van der Waals surface area (Å²) >= 11 is 1.39. The number of nitrogens with one attached hydrogen (secondary N) is 2. The molecule has 2 unspecified atom stereocenters. The lowest BCUT2D eigenvalue weighted by atomic mass is 9.98. The van der Waals surface area contributed by atoms with Gasteiger partial charge in [-0.3, -0.25) is 14.9 Å². The molecule has 0 aliphatic carbocycles. The molecule has 0 saturated heterocycles. The first-order chi connectivity index (χ1) is 12.5. The van der Waals surface area contributed by atoms with E-state index in [4.69, 9.17) is 0 Å². The molecule has 1 aromatic heterocycles. The number of amides is 2. The Balaban J connectivity index is 2.04. The third kappa shape index (κ3) is 5.62. The Morgan fingerprint density at radius 1 is 1.15 bits per heavy atom. The van der Waals surface area contributed by atoms with Crippen LogP contribution in [0.25, 0.3) is 0 Å². The number of rotatable bonds is 9. The van der Waals surface area contributed by atoms with Gasteiger partial charge in [-0.1, -0.05) is 63.1 Å². The molecule has 2 N–H and O–H groups in total. The predicted molar refractivity (Wildman–Crippen MR) is 104 cm³/mol. The highest BCUT2D eigenvalue weighted by atomic mass is 32.1. The Morgan fingerprint density at radius 2 is 1.88 bits per heavy atom. The monoisotopic (exact) mass is 374 g/mol. The van der Waals surface area contributed by atoms with Gasteiger partial charge in [-0.25, -0.2) is 0 Å². The van der Waals surface area contributed by atoms with Crippen molar-refractivity contribution in [3.63, 3.8) is 0 Å². The third-order valence-electron chi connectivity index (χ3n) is 4.26. The zero-order chi connectivity index (χ0) is 18.9. The maximum Gasteiger partial charge on any atom is 0.251 e. The first kappa shape index (κ1) is 20.0. The molecule has 7 heteroatoms. The van der Waals surface area contributed by atoms with Gasteiger partial charge in [0.15, 0.2) is 0 Å². The van der Waals surface area contributed by atoms with Crippen LogP contribution >= 0.6 is 11.3 Å². The minimum absolute atomic E-state index is 0.00449. The van der Waals surface area contributed by atoms with Crippen molar-refractivity contribution in [3.8, 4) is 0 Å². The van der Waals surface area contributed by atoms with Crippen molar-refractivity contribution in [3.05, 3.63) is 40.9 Å². The summed E-state index contributed by atoms with van der Waals surface area (Å²) in [5.41, 5.74) is 0.534. The molecule has 1 heterocycles. The Morgan fingerprint density at radius 3 is 2.54 bits per heavy atom. The van der Waals surface area contributed by atoms with E-state index < -0.39 is 6.04 Å². The summed E-state index contributed by atoms with van der Waals surface area (Å²) in [7, 11) is 0. The van der Waals surface area contributed by atoms with Gasteiger partial charge in [0.2, 0.25) is 11.0 Å². The normalized spacial score (nSPS) is 13.0. The van der Waals surface area contributed by atoms with E-state index in [0.29, 0.717) is 10.7 Å². The summed E-state index contributed by atoms with van der Waals surface area (Å²) in [6.07, 6.45) is 3.77. The van der Waals surface area contributed by atoms with Crippen molar-refractivity contribution in [1.29, 1.82) is 0 Å². The molecule has 0 bridgehead atoms. The summed E-state index contributed by atoms with van der Waals surface area (Å²) in [5, 5.41) is 15.2. The largest absolute Gasteiger partial charge is 0.340 e. The number of carbonyl (C=O) groups excluding carboxylic acids is 2. The van der Waals surface area contributed by atoms with Crippen molar-refractivity contribution >= 4 is 28.3 Å². The number of nitrogens with zero attached hydrogens (tertiary/aromatic N) is 2. The van der Waals surface area contributed by atoms with E-state index in [1.54, 1.807) is 24.3 Å². The third-order valence-corrected chi connectivity index (χ3v) is 5.16. The summed E-state index contributed by atoms with van der Waals surface area (Å²) in [6.45, 7) is 6.06. The Hall–Kier alpha value is -2.28. The highest BCUT2D eigenvalue weighted by Crippen LogP contribution is 2.19. The molecule has 140 valence electrons. The van der Waals surface area contributed by atoms with Crippen LogP contribution < -0.4 is 10.6 Å². The summed E-state index contributed by atoms with van der Waals surface area (Å²) < 4.78 is 0. The van der Waals surface area contributed by atoms with E-state index in [0.717, 1.165) is 30.7 Å². The quantitative estimate of drug-likeness (QED) is 0.701. The van der Waals surface area contributed by atoms with Gasteiger partial charge in [0.05, 0.1) is 0 Å². The molecule has 6 nitrogen and oxygen atoms in total. The van der Waals surface area contributed by atoms with Crippen molar-refractivity contribution in [2.24, 2.45) is 5.92 Å². The van der Waals surface area contributed by atoms with Crippen LogP contribution in [0.2, 0.25) is 0 Å². The van der Waals surface area contributed by atoms with Crippen LogP contribution in [0.1, 0.15) is 55.4 Å². The molecular weight excluding hydrogens is 348 g/mol. The summed E-state index contributed by atoms with van der Waals surface area (Å²) in [4.78, 5) is 25.2. The molecule has 2 aromatic rings. The second-order valence-electron chi connectivity index (χ2n) is 6.30. The average Bonchev–Trinajstić information content (AvgIpc) is 3.11. The van der Waals surface area contributed by atoms with Gasteiger partial charge in [0.1, 0.15) is 11.0 Å². The number of anilines is 1. The van der Waals surface area contributed by atoms with E-state index in [9.17, 15) is 9.59 Å². The topological polar surface area (TPSA) is 84.0 Å². The van der Waals surface area contributed by atoms with Gasteiger partial charge in [0.25, 0.3) is 5.91 Å². The first-order valence-corrected chi connectivity index (χ1v) is 9.85. The fraction of sp³-hybridized carbons (Fsp3) is 0.474. The van der Waals surface area contributed by atoms with Crippen molar-refractivity contribution in [1.82, 2.24) is 15.5 Å². The van der Waals surface area contributed by atoms with E-state index in [-0.39, 0.29) is 17.7 Å². The number of aryl methyl sites for hydroxylation is 1. The summed E-state index contributed by atoms with van der Waals surface area (Å²) in [6, 6.07) is 8.27. The first-order valence-electron chi connectivity index (χ1n) is 9.04. The van der Waals surface area contributed by atoms with Crippen LogP contribution in [0.5, 0.6) is 0 Å². The van der Waals surface area contributed by atoms with Gasteiger partial charge in [-0.2, -0.15) is 0 Å². The van der Waals surface area contributed by atoms with E-state index in [1.165, 1.54) is 11.3 Å². The highest BCUT2D eigenvalue weighted by Gasteiger charge is 2.27. The lowest BCUT2D eigenvalue weighted by molar-refractivity contribution is -0.119. The Bertz CT molecular complexity index is 717. The maximum atomic E-state index is 12.7. The van der Waals surface area contributed by atoms with Crippen LogP contribution in [-0.4, -0.2) is 28.1 Å². The molecule has 26 heavy (non-hydrogen) atoms. The van der Waals surface area contributed by atoms with Crippen molar-refractivity contribution in [2.45, 2.75) is 52.5 Å². The Labute approximate surface area is 158 Å². The maximum absolute atomic E-state index is 12.7. The van der Waals surface area contributed by atoms with E-state index in [2.05, 4.69) is 27.8 Å². The number of benzene rings is 1. The molecule has 0 saturated carbocycles. The molecule has 2 atom stereocenters. The smallest absolute Gasteiger partial charge is 0.251 e.